The second-order valence-corrected chi connectivity index (χ2v) is 6.06. The summed E-state index contributed by atoms with van der Waals surface area (Å²) in [4.78, 5) is 5.41. The third kappa shape index (κ3) is 3.36. The number of nitrogens with one attached hydrogen (secondary N) is 1. The third-order valence-corrected chi connectivity index (χ3v) is 3.97. The Balaban J connectivity index is 1.94. The average molecular weight is 302 g/mol. The van der Waals surface area contributed by atoms with Crippen LogP contribution in [-0.2, 0) is 13.1 Å². The largest absolute Gasteiger partial charge is 0.396 e. The molecule has 0 aliphatic rings. The van der Waals surface area contributed by atoms with Gasteiger partial charge < -0.3 is 11.1 Å². The molecule has 0 atom stereocenters. The SMILES string of the molecule is Cc1ncc(CNCc2cc(Cl)c(N)c(Cl)c2)s1. The Morgan fingerprint density at radius 1 is 1.28 bits per heavy atom. The molecule has 0 radical (unpaired) electrons. The summed E-state index contributed by atoms with van der Waals surface area (Å²) < 4.78 is 0. The topological polar surface area (TPSA) is 50.9 Å². The zero-order valence-electron chi connectivity index (χ0n) is 9.84. The van der Waals surface area contributed by atoms with Gasteiger partial charge in [0, 0.05) is 24.2 Å². The third-order valence-electron chi connectivity index (χ3n) is 2.44. The van der Waals surface area contributed by atoms with E-state index in [-0.39, 0.29) is 0 Å². The summed E-state index contributed by atoms with van der Waals surface area (Å²) in [6.07, 6.45) is 1.88. The fraction of sp³-hybridized carbons (Fsp3) is 0.250. The molecule has 0 spiro atoms. The predicted molar refractivity (Wildman–Crippen MR) is 78.3 cm³/mol. The van der Waals surface area contributed by atoms with Crippen molar-refractivity contribution in [3.05, 3.63) is 43.8 Å². The van der Waals surface area contributed by atoms with Crippen LogP contribution >= 0.6 is 34.5 Å². The summed E-state index contributed by atoms with van der Waals surface area (Å²) in [6.45, 7) is 3.47. The molecule has 0 saturated carbocycles. The molecule has 96 valence electrons. The smallest absolute Gasteiger partial charge is 0.0897 e. The van der Waals surface area contributed by atoms with Crippen molar-refractivity contribution in [1.82, 2.24) is 10.3 Å². The van der Waals surface area contributed by atoms with E-state index in [4.69, 9.17) is 28.9 Å². The number of thiazole rings is 1. The van der Waals surface area contributed by atoms with E-state index in [9.17, 15) is 0 Å². The number of aromatic nitrogens is 1. The molecule has 2 rings (SSSR count). The van der Waals surface area contributed by atoms with Gasteiger partial charge in [0.2, 0.25) is 0 Å². The van der Waals surface area contributed by atoms with Gasteiger partial charge in [-0.25, -0.2) is 4.98 Å². The zero-order chi connectivity index (χ0) is 13.1. The van der Waals surface area contributed by atoms with Gasteiger partial charge in [0.05, 0.1) is 20.7 Å². The van der Waals surface area contributed by atoms with Crippen LogP contribution in [0.5, 0.6) is 0 Å². The van der Waals surface area contributed by atoms with Crippen LogP contribution in [-0.4, -0.2) is 4.98 Å². The first kappa shape index (κ1) is 13.6. The highest BCUT2D eigenvalue weighted by Gasteiger charge is 2.05. The zero-order valence-corrected chi connectivity index (χ0v) is 12.2. The monoisotopic (exact) mass is 301 g/mol. The molecule has 0 aliphatic carbocycles. The lowest BCUT2D eigenvalue weighted by Gasteiger charge is -2.07. The van der Waals surface area contributed by atoms with E-state index >= 15 is 0 Å². The molecule has 0 fully saturated rings. The normalized spacial score (nSPS) is 10.8. The molecule has 1 aromatic carbocycles. The lowest BCUT2D eigenvalue weighted by atomic mass is 10.2. The van der Waals surface area contributed by atoms with Crippen molar-refractivity contribution in [2.45, 2.75) is 20.0 Å². The molecule has 1 heterocycles. The summed E-state index contributed by atoms with van der Waals surface area (Å²) in [5.74, 6) is 0. The maximum absolute atomic E-state index is 5.97. The summed E-state index contributed by atoms with van der Waals surface area (Å²) in [5, 5.41) is 5.38. The molecule has 3 N–H and O–H groups in total. The maximum Gasteiger partial charge on any atom is 0.0897 e. The minimum absolute atomic E-state index is 0.431. The van der Waals surface area contributed by atoms with Crippen molar-refractivity contribution in [3.63, 3.8) is 0 Å². The second kappa shape index (κ2) is 5.89. The van der Waals surface area contributed by atoms with Crippen LogP contribution in [0.15, 0.2) is 18.3 Å². The molecule has 0 unspecified atom stereocenters. The first-order chi connectivity index (χ1) is 8.56. The van der Waals surface area contributed by atoms with Crippen LogP contribution in [0.3, 0.4) is 0 Å². The van der Waals surface area contributed by atoms with Gasteiger partial charge in [-0.15, -0.1) is 11.3 Å². The van der Waals surface area contributed by atoms with Crippen LogP contribution in [0.25, 0.3) is 0 Å². The highest BCUT2D eigenvalue weighted by Crippen LogP contribution is 2.28. The molecule has 3 nitrogen and oxygen atoms in total. The van der Waals surface area contributed by atoms with Crippen molar-refractivity contribution in [2.24, 2.45) is 0 Å². The number of benzene rings is 1. The Bertz CT molecular complexity index is 531. The molecular formula is C12H13Cl2N3S. The molecule has 0 aliphatic heterocycles. The number of nitrogens with two attached hydrogens (primary N) is 1. The number of aryl methyl sites for hydroxylation is 1. The number of halogens is 2. The number of anilines is 1. The van der Waals surface area contributed by atoms with E-state index in [1.165, 1.54) is 4.88 Å². The Labute approximate surface area is 120 Å². The quantitative estimate of drug-likeness (QED) is 0.848. The molecular weight excluding hydrogens is 289 g/mol. The van der Waals surface area contributed by atoms with Crippen molar-refractivity contribution in [1.29, 1.82) is 0 Å². The Hall–Kier alpha value is -0.810. The predicted octanol–water partition coefficient (Wildman–Crippen LogP) is 3.63. The van der Waals surface area contributed by atoms with E-state index in [1.54, 1.807) is 11.3 Å². The average Bonchev–Trinajstić information content (AvgIpc) is 2.72. The summed E-state index contributed by atoms with van der Waals surface area (Å²) in [6, 6.07) is 3.65. The maximum atomic E-state index is 5.97. The van der Waals surface area contributed by atoms with Crippen LogP contribution < -0.4 is 11.1 Å². The Kier molecular flexibility index (Phi) is 4.45. The van der Waals surface area contributed by atoms with Gasteiger partial charge in [-0.05, 0) is 24.6 Å². The first-order valence-corrected chi connectivity index (χ1v) is 6.99. The van der Waals surface area contributed by atoms with Gasteiger partial charge in [-0.3, -0.25) is 0 Å². The van der Waals surface area contributed by atoms with Crippen LogP contribution in [0.2, 0.25) is 10.0 Å². The molecule has 0 amide bonds. The molecule has 6 heteroatoms. The number of nitrogen functional groups attached to an aromatic ring is 1. The van der Waals surface area contributed by atoms with Crippen molar-refractivity contribution in [3.8, 4) is 0 Å². The van der Waals surface area contributed by atoms with Crippen molar-refractivity contribution in [2.75, 3.05) is 5.73 Å². The van der Waals surface area contributed by atoms with Gasteiger partial charge in [0.1, 0.15) is 0 Å². The van der Waals surface area contributed by atoms with Crippen LogP contribution in [0, 0.1) is 6.92 Å². The first-order valence-electron chi connectivity index (χ1n) is 5.41. The number of hydrogen-bond acceptors (Lipinski definition) is 4. The molecule has 0 bridgehead atoms. The van der Waals surface area contributed by atoms with Crippen molar-refractivity contribution >= 4 is 40.2 Å². The van der Waals surface area contributed by atoms with E-state index in [2.05, 4.69) is 10.3 Å². The molecule has 1 aromatic heterocycles. The van der Waals surface area contributed by atoms with E-state index in [1.807, 2.05) is 25.3 Å². The fourth-order valence-corrected chi connectivity index (χ4v) is 2.85. The van der Waals surface area contributed by atoms with Gasteiger partial charge in [0.15, 0.2) is 0 Å². The Morgan fingerprint density at radius 3 is 2.50 bits per heavy atom. The molecule has 0 saturated heterocycles. The van der Waals surface area contributed by atoms with E-state index in [0.29, 0.717) is 22.3 Å². The summed E-state index contributed by atoms with van der Waals surface area (Å²) >= 11 is 13.6. The number of hydrogen-bond donors (Lipinski definition) is 2. The number of nitrogens with zero attached hydrogens (tertiary/aromatic N) is 1. The lowest BCUT2D eigenvalue weighted by molar-refractivity contribution is 0.700. The standard InChI is InChI=1S/C12H13Cl2N3S/c1-7-17-6-9(18-7)5-16-4-8-2-10(13)12(15)11(14)3-8/h2-3,6,16H,4-5,15H2,1H3. The van der Waals surface area contributed by atoms with Crippen LogP contribution in [0.1, 0.15) is 15.4 Å². The molecule has 2 aromatic rings. The fourth-order valence-electron chi connectivity index (χ4n) is 1.56. The van der Waals surface area contributed by atoms with Gasteiger partial charge >= 0.3 is 0 Å². The van der Waals surface area contributed by atoms with Gasteiger partial charge in [-0.1, -0.05) is 23.2 Å². The van der Waals surface area contributed by atoms with Crippen molar-refractivity contribution < 1.29 is 0 Å². The molecule has 18 heavy (non-hydrogen) atoms. The Morgan fingerprint density at radius 2 is 1.94 bits per heavy atom. The minimum atomic E-state index is 0.431. The highest BCUT2D eigenvalue weighted by molar-refractivity contribution is 7.11. The van der Waals surface area contributed by atoms with E-state index in [0.717, 1.165) is 17.1 Å². The minimum Gasteiger partial charge on any atom is -0.396 e. The van der Waals surface area contributed by atoms with Crippen LogP contribution in [0.4, 0.5) is 5.69 Å². The van der Waals surface area contributed by atoms with E-state index < -0.39 is 0 Å². The second-order valence-electron chi connectivity index (χ2n) is 3.92. The lowest BCUT2D eigenvalue weighted by Crippen LogP contribution is -2.12. The summed E-state index contributed by atoms with van der Waals surface area (Å²) in [5.41, 5.74) is 7.13. The summed E-state index contributed by atoms with van der Waals surface area (Å²) in [7, 11) is 0. The highest BCUT2D eigenvalue weighted by atomic mass is 35.5. The van der Waals surface area contributed by atoms with Gasteiger partial charge in [0.25, 0.3) is 0 Å². The van der Waals surface area contributed by atoms with Gasteiger partial charge in [-0.2, -0.15) is 0 Å². The number of rotatable bonds is 4.